The van der Waals surface area contributed by atoms with Crippen LogP contribution in [0.5, 0.6) is 0 Å². The first-order chi connectivity index (χ1) is 2.00. The minimum Gasteiger partial charge on any atom is -0.153 e. The Labute approximate surface area is 41.6 Å². The highest BCUT2D eigenvalue weighted by Crippen LogP contribution is 2.39. The van der Waals surface area contributed by atoms with Gasteiger partial charge in [-0.15, -0.1) is 11.4 Å². The van der Waals surface area contributed by atoms with Gasteiger partial charge in [-0.3, -0.25) is 0 Å². The van der Waals surface area contributed by atoms with Gasteiger partial charge >= 0.3 is 0 Å². The second-order valence-corrected chi connectivity index (χ2v) is 3.96. The van der Waals surface area contributed by atoms with E-state index in [1.807, 2.05) is 0 Å². The van der Waals surface area contributed by atoms with Gasteiger partial charge in [0.2, 0.25) is 0 Å². The Morgan fingerprint density at radius 3 is 1.80 bits per heavy atom. The average Bonchev–Trinajstić information content (AvgIpc) is 0.722. The van der Waals surface area contributed by atoms with Crippen LogP contribution in [0.2, 0.25) is 0 Å². The van der Waals surface area contributed by atoms with Gasteiger partial charge in [-0.05, 0) is 6.16 Å². The molecule has 1 aliphatic heterocycles. The quantitative estimate of drug-likeness (QED) is 0.442. The fourth-order valence-electron chi connectivity index (χ4n) is 0.102. The Kier molecular flexibility index (Phi) is 4.23. The van der Waals surface area contributed by atoms with Crippen LogP contribution in [-0.4, -0.2) is 11.9 Å². The van der Waals surface area contributed by atoms with E-state index in [9.17, 15) is 0 Å². The first-order valence-electron chi connectivity index (χ1n) is 1.35. The van der Waals surface area contributed by atoms with E-state index in [1.54, 1.807) is 0 Å². The van der Waals surface area contributed by atoms with Gasteiger partial charge in [0.15, 0.2) is 0 Å². The second-order valence-electron chi connectivity index (χ2n) is 0.743. The number of rotatable bonds is 0. The zero-order valence-electron chi connectivity index (χ0n) is 3.03. The first-order valence-corrected chi connectivity index (χ1v) is 4.26. The molecule has 0 radical (unpaired) electrons. The highest BCUT2D eigenvalue weighted by molar-refractivity contribution is 8.52. The summed E-state index contributed by atoms with van der Waals surface area (Å²) in [6.45, 7) is 0. The molecule has 1 heterocycles. The molecule has 1 rings (SSSR count). The molecule has 1 saturated heterocycles. The highest BCUT2D eigenvalue weighted by atomic mass is 32.7. The van der Waals surface area contributed by atoms with Gasteiger partial charge in [0.1, 0.15) is 0 Å². The largest absolute Gasteiger partial charge is 0.153 e. The van der Waals surface area contributed by atoms with Crippen molar-refractivity contribution >= 4 is 29.1 Å². The van der Waals surface area contributed by atoms with Crippen molar-refractivity contribution in [1.29, 1.82) is 0 Å². The molecule has 0 aromatic rings. The summed E-state index contributed by atoms with van der Waals surface area (Å²) in [5.74, 6) is 1.43. The molecule has 0 aliphatic carbocycles. The molecule has 0 saturated carbocycles. The van der Waals surface area contributed by atoms with Crippen LogP contribution in [0.3, 0.4) is 0 Å². The molecule has 32 valence electrons. The van der Waals surface area contributed by atoms with E-state index in [0.29, 0.717) is 0 Å². The SMILES string of the molecule is C1CSP1.P. The molecule has 0 spiro atoms. The molecule has 1 fully saturated rings. The van der Waals surface area contributed by atoms with Gasteiger partial charge in [0.05, 0.1) is 0 Å². The van der Waals surface area contributed by atoms with Crippen molar-refractivity contribution in [1.82, 2.24) is 0 Å². The van der Waals surface area contributed by atoms with Gasteiger partial charge < -0.3 is 0 Å². The van der Waals surface area contributed by atoms with E-state index in [-0.39, 0.29) is 9.90 Å². The summed E-state index contributed by atoms with van der Waals surface area (Å²) in [5, 5.41) is 0. The van der Waals surface area contributed by atoms with Crippen LogP contribution in [0.15, 0.2) is 0 Å². The number of hydrogen-bond donors (Lipinski definition) is 0. The lowest BCUT2D eigenvalue weighted by Crippen LogP contribution is -1.83. The Morgan fingerprint density at radius 2 is 1.80 bits per heavy atom. The Bertz CT molecular complexity index is 15.6. The summed E-state index contributed by atoms with van der Waals surface area (Å²) >= 11 is 2.06. The highest BCUT2D eigenvalue weighted by Gasteiger charge is 1.95. The lowest BCUT2D eigenvalue weighted by Gasteiger charge is -2.05. The van der Waals surface area contributed by atoms with Crippen molar-refractivity contribution < 1.29 is 0 Å². The van der Waals surface area contributed by atoms with Crippen molar-refractivity contribution in [2.75, 3.05) is 11.9 Å². The molecule has 5 heavy (non-hydrogen) atoms. The van der Waals surface area contributed by atoms with Crippen molar-refractivity contribution in [3.63, 3.8) is 0 Å². The van der Waals surface area contributed by atoms with Gasteiger partial charge in [0, 0.05) is 5.75 Å². The molecule has 0 aromatic heterocycles. The van der Waals surface area contributed by atoms with Crippen LogP contribution in [0, 0.1) is 0 Å². The normalized spacial score (nSPS) is 24.0. The molecular formula is C2H8P2S. The van der Waals surface area contributed by atoms with Gasteiger partial charge in [0.25, 0.3) is 0 Å². The zero-order valence-corrected chi connectivity index (χ0v) is 6.26. The lowest BCUT2D eigenvalue weighted by atomic mass is 11.0. The maximum Gasteiger partial charge on any atom is 0.00162 e. The predicted molar refractivity (Wildman–Crippen MR) is 36.7 cm³/mol. The molecule has 2 atom stereocenters. The molecule has 0 aromatic carbocycles. The summed E-state index contributed by atoms with van der Waals surface area (Å²) < 4.78 is 0. The minimum atomic E-state index is 0. The van der Waals surface area contributed by atoms with Crippen molar-refractivity contribution in [3.05, 3.63) is 0 Å². The Morgan fingerprint density at radius 1 is 1.60 bits per heavy atom. The van der Waals surface area contributed by atoms with Crippen LogP contribution in [0.4, 0.5) is 0 Å². The van der Waals surface area contributed by atoms with Gasteiger partial charge in [-0.1, -0.05) is 7.78 Å². The fraction of sp³-hybridized carbons (Fsp3) is 1.00. The molecule has 0 nitrogen and oxygen atoms in total. The van der Waals surface area contributed by atoms with Crippen LogP contribution in [0.1, 0.15) is 0 Å². The first kappa shape index (κ1) is 6.21. The molecule has 2 unspecified atom stereocenters. The van der Waals surface area contributed by atoms with E-state index in [2.05, 4.69) is 11.4 Å². The summed E-state index contributed by atoms with van der Waals surface area (Å²) in [6, 6.07) is 0. The van der Waals surface area contributed by atoms with E-state index in [1.165, 1.54) is 19.7 Å². The zero-order chi connectivity index (χ0) is 2.83. The fourth-order valence-corrected chi connectivity index (χ4v) is 0.919. The van der Waals surface area contributed by atoms with Gasteiger partial charge in [-0.2, -0.15) is 9.90 Å². The smallest absolute Gasteiger partial charge is 0.00162 e. The minimum absolute atomic E-state index is 0. The van der Waals surface area contributed by atoms with Crippen molar-refractivity contribution in [3.8, 4) is 0 Å². The van der Waals surface area contributed by atoms with Crippen molar-refractivity contribution in [2.45, 2.75) is 0 Å². The third-order valence-electron chi connectivity index (χ3n) is 0.408. The Hall–Kier alpha value is 1.21. The third-order valence-corrected chi connectivity index (χ3v) is 3.67. The van der Waals surface area contributed by atoms with E-state index in [0.717, 1.165) is 0 Å². The Balaban J connectivity index is 0.000000160. The van der Waals surface area contributed by atoms with E-state index < -0.39 is 0 Å². The van der Waals surface area contributed by atoms with E-state index >= 15 is 0 Å². The van der Waals surface area contributed by atoms with Gasteiger partial charge in [-0.25, -0.2) is 0 Å². The van der Waals surface area contributed by atoms with Crippen molar-refractivity contribution in [2.24, 2.45) is 0 Å². The summed E-state index contributed by atoms with van der Waals surface area (Å²) in [4.78, 5) is 0. The summed E-state index contributed by atoms with van der Waals surface area (Å²) in [5.41, 5.74) is 0. The second kappa shape index (κ2) is 3.40. The molecule has 3 heteroatoms. The summed E-state index contributed by atoms with van der Waals surface area (Å²) in [6.07, 6.45) is 1.49. The maximum atomic E-state index is 2.06. The molecule has 0 N–H and O–H groups in total. The molecule has 0 bridgehead atoms. The standard InChI is InChI=1S/C2H5PS.H3P/c1-2-4-3-1;/h3H,1-2H2;1H3. The third kappa shape index (κ3) is 1.98. The average molecular weight is 126 g/mol. The predicted octanol–water partition coefficient (Wildman–Crippen LogP) is 1.38. The topological polar surface area (TPSA) is 0 Å². The van der Waals surface area contributed by atoms with Crippen LogP contribution < -0.4 is 0 Å². The maximum absolute atomic E-state index is 2.06. The number of hydrogen-bond acceptors (Lipinski definition) is 1. The monoisotopic (exact) mass is 126 g/mol. The molecular weight excluding hydrogens is 118 g/mol. The van der Waals surface area contributed by atoms with Crippen LogP contribution >= 0.6 is 29.1 Å². The van der Waals surface area contributed by atoms with Crippen LogP contribution in [0.25, 0.3) is 0 Å². The summed E-state index contributed by atoms with van der Waals surface area (Å²) in [7, 11) is 1.24. The van der Waals surface area contributed by atoms with Crippen LogP contribution in [-0.2, 0) is 0 Å². The molecule has 1 aliphatic rings. The van der Waals surface area contributed by atoms with E-state index in [4.69, 9.17) is 0 Å². The molecule has 0 amide bonds. The lowest BCUT2D eigenvalue weighted by molar-refractivity contribution is 1.54.